The van der Waals surface area contributed by atoms with Crippen LogP contribution in [0.2, 0.25) is 0 Å². The van der Waals surface area contributed by atoms with Crippen molar-refractivity contribution in [3.05, 3.63) is 23.4 Å². The predicted molar refractivity (Wildman–Crippen MR) is 66.0 cm³/mol. The smallest absolute Gasteiger partial charge is 0.384 e. The molecule has 2 heterocycles. The van der Waals surface area contributed by atoms with Crippen molar-refractivity contribution in [1.29, 1.82) is 0 Å². The first-order valence-electron chi connectivity index (χ1n) is 5.81. The van der Waals surface area contributed by atoms with Crippen LogP contribution in [0, 0.1) is 0 Å². The highest BCUT2D eigenvalue weighted by Gasteiger charge is 2.35. The van der Waals surface area contributed by atoms with E-state index in [1.807, 2.05) is 0 Å². The van der Waals surface area contributed by atoms with Gasteiger partial charge in [0.15, 0.2) is 0 Å². The number of nitrogens with zero attached hydrogens (tertiary/aromatic N) is 2. The van der Waals surface area contributed by atoms with E-state index in [4.69, 9.17) is 4.74 Å². The standard InChI is InChI=1S/C11H13F3N2O3S/c1-19-4-5-20(17,18)16-3-2-8-6-9(11(12,13)14)7-15-10(8)16/h6-7H,2-5H2,1H3. The van der Waals surface area contributed by atoms with Crippen LogP contribution in [0.3, 0.4) is 0 Å². The Morgan fingerprint density at radius 3 is 2.75 bits per heavy atom. The summed E-state index contributed by atoms with van der Waals surface area (Å²) in [5, 5.41) is 0. The molecular formula is C11H13F3N2O3S. The highest BCUT2D eigenvalue weighted by atomic mass is 32.2. The fourth-order valence-corrected chi connectivity index (χ4v) is 3.36. The van der Waals surface area contributed by atoms with Crippen LogP contribution in [0.1, 0.15) is 11.1 Å². The maximum atomic E-state index is 12.6. The molecule has 0 aromatic carbocycles. The van der Waals surface area contributed by atoms with Crippen LogP contribution in [-0.2, 0) is 27.4 Å². The van der Waals surface area contributed by atoms with Crippen molar-refractivity contribution in [2.75, 3.05) is 30.3 Å². The summed E-state index contributed by atoms with van der Waals surface area (Å²) in [6, 6.07) is 0.953. The van der Waals surface area contributed by atoms with E-state index in [1.165, 1.54) is 7.11 Å². The van der Waals surface area contributed by atoms with Gasteiger partial charge in [-0.3, -0.25) is 4.31 Å². The van der Waals surface area contributed by atoms with Gasteiger partial charge in [-0.25, -0.2) is 13.4 Å². The van der Waals surface area contributed by atoms with Gasteiger partial charge in [-0.15, -0.1) is 0 Å². The summed E-state index contributed by atoms with van der Waals surface area (Å²) in [6.45, 7) is 0.129. The van der Waals surface area contributed by atoms with Crippen LogP contribution in [0.15, 0.2) is 12.3 Å². The highest BCUT2D eigenvalue weighted by Crippen LogP contribution is 2.34. The van der Waals surface area contributed by atoms with Gasteiger partial charge in [0.2, 0.25) is 10.0 Å². The number of hydrogen-bond donors (Lipinski definition) is 0. The van der Waals surface area contributed by atoms with Crippen molar-refractivity contribution in [2.24, 2.45) is 0 Å². The number of halogens is 3. The van der Waals surface area contributed by atoms with E-state index in [-0.39, 0.29) is 31.1 Å². The summed E-state index contributed by atoms with van der Waals surface area (Å²) < 4.78 is 67.5. The van der Waals surface area contributed by atoms with Crippen LogP contribution in [0.4, 0.5) is 19.0 Å². The average molecular weight is 310 g/mol. The van der Waals surface area contributed by atoms with Gasteiger partial charge in [-0.1, -0.05) is 0 Å². The minimum absolute atomic E-state index is 0.0226. The van der Waals surface area contributed by atoms with Crippen molar-refractivity contribution in [3.63, 3.8) is 0 Å². The molecule has 0 spiro atoms. The minimum Gasteiger partial charge on any atom is -0.384 e. The fraction of sp³-hybridized carbons (Fsp3) is 0.545. The molecule has 0 atom stereocenters. The van der Waals surface area contributed by atoms with E-state index in [0.717, 1.165) is 10.4 Å². The summed E-state index contributed by atoms with van der Waals surface area (Å²) in [6.07, 6.45) is -3.61. The van der Waals surface area contributed by atoms with Gasteiger partial charge in [-0.05, 0) is 18.1 Å². The maximum Gasteiger partial charge on any atom is 0.417 e. The second kappa shape index (κ2) is 5.21. The summed E-state index contributed by atoms with van der Waals surface area (Å²) in [7, 11) is -2.24. The Balaban J connectivity index is 2.31. The number of methoxy groups -OCH3 is 1. The number of aromatic nitrogens is 1. The van der Waals surface area contributed by atoms with Gasteiger partial charge in [0.1, 0.15) is 5.82 Å². The molecule has 0 radical (unpaired) electrons. The monoisotopic (exact) mass is 310 g/mol. The Bertz CT molecular complexity index is 601. The molecule has 1 aromatic rings. The van der Waals surface area contributed by atoms with Gasteiger partial charge in [-0.2, -0.15) is 13.2 Å². The zero-order valence-corrected chi connectivity index (χ0v) is 11.5. The first-order valence-corrected chi connectivity index (χ1v) is 7.42. The lowest BCUT2D eigenvalue weighted by atomic mass is 10.1. The molecule has 1 aliphatic rings. The minimum atomic E-state index is -4.48. The number of pyridine rings is 1. The molecule has 0 N–H and O–H groups in total. The predicted octanol–water partition coefficient (Wildman–Crippen LogP) is 1.44. The van der Waals surface area contributed by atoms with E-state index in [9.17, 15) is 21.6 Å². The van der Waals surface area contributed by atoms with Gasteiger partial charge >= 0.3 is 6.18 Å². The Kier molecular flexibility index (Phi) is 3.92. The number of ether oxygens (including phenoxy) is 1. The fourth-order valence-electron chi connectivity index (χ4n) is 1.96. The van der Waals surface area contributed by atoms with Crippen LogP contribution in [0.5, 0.6) is 0 Å². The van der Waals surface area contributed by atoms with Gasteiger partial charge in [0.05, 0.1) is 17.9 Å². The highest BCUT2D eigenvalue weighted by molar-refractivity contribution is 7.92. The van der Waals surface area contributed by atoms with Gasteiger partial charge < -0.3 is 4.74 Å². The average Bonchev–Trinajstić information content (AvgIpc) is 2.79. The van der Waals surface area contributed by atoms with Crippen molar-refractivity contribution in [2.45, 2.75) is 12.6 Å². The molecule has 0 amide bonds. The van der Waals surface area contributed by atoms with Gasteiger partial charge in [0.25, 0.3) is 0 Å². The third-order valence-electron chi connectivity index (χ3n) is 2.97. The number of fused-ring (bicyclic) bond motifs is 1. The van der Waals surface area contributed by atoms with Crippen LogP contribution in [0.25, 0.3) is 0 Å². The van der Waals surface area contributed by atoms with Crippen molar-refractivity contribution < 1.29 is 26.3 Å². The van der Waals surface area contributed by atoms with Crippen LogP contribution in [-0.4, -0.2) is 39.4 Å². The molecule has 0 aliphatic carbocycles. The summed E-state index contributed by atoms with van der Waals surface area (Å²) >= 11 is 0. The second-order valence-electron chi connectivity index (χ2n) is 4.34. The molecule has 0 fully saturated rings. The van der Waals surface area contributed by atoms with Crippen molar-refractivity contribution in [3.8, 4) is 0 Å². The molecule has 1 aliphatic heterocycles. The normalized spacial score (nSPS) is 15.5. The molecule has 20 heavy (non-hydrogen) atoms. The first kappa shape index (κ1) is 15.0. The lowest BCUT2D eigenvalue weighted by Crippen LogP contribution is -2.33. The van der Waals surface area contributed by atoms with Gasteiger partial charge in [0, 0.05) is 19.9 Å². The number of hydrogen-bond acceptors (Lipinski definition) is 4. The summed E-state index contributed by atoms with van der Waals surface area (Å²) in [5.41, 5.74) is -0.576. The zero-order valence-electron chi connectivity index (χ0n) is 10.6. The van der Waals surface area contributed by atoms with E-state index in [0.29, 0.717) is 11.8 Å². The van der Waals surface area contributed by atoms with E-state index >= 15 is 0 Å². The Morgan fingerprint density at radius 2 is 2.15 bits per heavy atom. The third kappa shape index (κ3) is 2.88. The molecule has 0 bridgehead atoms. The Morgan fingerprint density at radius 1 is 1.45 bits per heavy atom. The van der Waals surface area contributed by atoms with Crippen molar-refractivity contribution >= 4 is 15.8 Å². The van der Waals surface area contributed by atoms with Crippen molar-refractivity contribution in [1.82, 2.24) is 4.98 Å². The van der Waals surface area contributed by atoms with E-state index in [2.05, 4.69) is 4.98 Å². The summed E-state index contributed by atoms with van der Waals surface area (Å²) in [4.78, 5) is 3.67. The third-order valence-corrected chi connectivity index (χ3v) is 4.68. The lowest BCUT2D eigenvalue weighted by Gasteiger charge is -2.18. The molecule has 5 nitrogen and oxygen atoms in total. The quantitative estimate of drug-likeness (QED) is 0.844. The molecular weight excluding hydrogens is 297 g/mol. The molecule has 9 heteroatoms. The Labute approximate surface area is 114 Å². The maximum absolute atomic E-state index is 12.6. The number of rotatable bonds is 4. The molecule has 0 saturated heterocycles. The molecule has 0 unspecified atom stereocenters. The zero-order chi connectivity index (χ0) is 15.0. The molecule has 0 saturated carbocycles. The molecule has 2 rings (SSSR count). The number of alkyl halides is 3. The molecule has 1 aromatic heterocycles. The lowest BCUT2D eigenvalue weighted by molar-refractivity contribution is -0.137. The van der Waals surface area contributed by atoms with E-state index < -0.39 is 21.8 Å². The SMILES string of the molecule is COCCS(=O)(=O)N1CCc2cc(C(F)(F)F)cnc21. The largest absolute Gasteiger partial charge is 0.417 e. The van der Waals surface area contributed by atoms with E-state index in [1.54, 1.807) is 0 Å². The Hall–Kier alpha value is -1.35. The summed E-state index contributed by atoms with van der Waals surface area (Å²) in [5.74, 6) is -0.153. The second-order valence-corrected chi connectivity index (χ2v) is 6.35. The molecule has 112 valence electrons. The topological polar surface area (TPSA) is 59.5 Å². The number of sulfonamides is 1. The first-order chi connectivity index (χ1) is 9.25. The van der Waals surface area contributed by atoms with Crippen LogP contribution < -0.4 is 4.31 Å². The van der Waals surface area contributed by atoms with Crippen LogP contribution >= 0.6 is 0 Å². The number of anilines is 1.